The first-order chi connectivity index (χ1) is 18.4. The molecule has 0 saturated carbocycles. The first kappa shape index (κ1) is 25.3. The van der Waals surface area contributed by atoms with Crippen molar-refractivity contribution in [1.29, 1.82) is 0 Å². The summed E-state index contributed by atoms with van der Waals surface area (Å²) in [4.78, 5) is 21.2. The number of carbonyl (C=O) groups excluding carboxylic acids is 1. The van der Waals surface area contributed by atoms with Crippen LogP contribution in [0.1, 0.15) is 23.6 Å². The van der Waals surface area contributed by atoms with Crippen molar-refractivity contribution in [3.63, 3.8) is 0 Å². The molecule has 1 unspecified atom stereocenters. The number of methoxy groups -OCH3 is 1. The number of nitrogens with one attached hydrogen (secondary N) is 1. The third kappa shape index (κ3) is 5.47. The molecule has 5 aromatic rings. The molecular weight excluding hydrogens is 546 g/mol. The first-order valence-electron chi connectivity index (χ1n) is 12.0. The number of nitrogens with two attached hydrogens (primary N) is 1. The van der Waals surface area contributed by atoms with E-state index in [1.807, 2.05) is 84.4 Å². The lowest BCUT2D eigenvalue weighted by Crippen LogP contribution is -2.17. The van der Waals surface area contributed by atoms with Gasteiger partial charge in [0.2, 0.25) is 11.9 Å². The second-order valence-electron chi connectivity index (χ2n) is 8.76. The largest absolute Gasteiger partial charge is 0.496 e. The number of anilines is 2. The number of aryl methyl sites for hydroxylation is 1. The average Bonchev–Trinajstić information content (AvgIpc) is 3.22. The van der Waals surface area contributed by atoms with Gasteiger partial charge in [-0.05, 0) is 48.5 Å². The SMILES string of the molecule is COc1ccccc1C(CC(N)=O)c1cc(Oc2ccc3c(c2)nc(Nc2ccc(Br)cc2)n3C)ccn1. The van der Waals surface area contributed by atoms with Crippen molar-refractivity contribution in [3.05, 3.63) is 101 Å². The third-order valence-corrected chi connectivity index (χ3v) is 6.75. The van der Waals surface area contributed by atoms with E-state index in [1.54, 1.807) is 19.4 Å². The molecule has 192 valence electrons. The molecule has 1 atom stereocenters. The zero-order valence-electron chi connectivity index (χ0n) is 20.9. The summed E-state index contributed by atoms with van der Waals surface area (Å²) < 4.78 is 14.7. The Kier molecular flexibility index (Phi) is 7.28. The fourth-order valence-corrected chi connectivity index (χ4v) is 4.63. The molecule has 2 heterocycles. The second-order valence-corrected chi connectivity index (χ2v) is 9.68. The fourth-order valence-electron chi connectivity index (χ4n) is 4.36. The summed E-state index contributed by atoms with van der Waals surface area (Å²) in [5.41, 5.74) is 9.77. The average molecular weight is 572 g/mol. The Balaban J connectivity index is 1.42. The molecule has 1 amide bonds. The molecule has 0 spiro atoms. The molecule has 8 nitrogen and oxygen atoms in total. The quantitative estimate of drug-likeness (QED) is 0.215. The van der Waals surface area contributed by atoms with Gasteiger partial charge in [-0.25, -0.2) is 4.98 Å². The van der Waals surface area contributed by atoms with Crippen LogP contribution in [0.25, 0.3) is 11.0 Å². The molecule has 0 radical (unpaired) electrons. The van der Waals surface area contributed by atoms with E-state index in [1.165, 1.54) is 0 Å². The zero-order valence-corrected chi connectivity index (χ0v) is 22.5. The number of ether oxygens (including phenoxy) is 2. The Morgan fingerprint density at radius 1 is 1.05 bits per heavy atom. The summed E-state index contributed by atoms with van der Waals surface area (Å²) in [7, 11) is 3.56. The topological polar surface area (TPSA) is 104 Å². The van der Waals surface area contributed by atoms with Crippen LogP contribution in [-0.2, 0) is 11.8 Å². The van der Waals surface area contributed by atoms with E-state index >= 15 is 0 Å². The number of benzene rings is 3. The van der Waals surface area contributed by atoms with Gasteiger partial charge >= 0.3 is 0 Å². The van der Waals surface area contributed by atoms with Crippen LogP contribution in [0.2, 0.25) is 0 Å². The van der Waals surface area contributed by atoms with E-state index < -0.39 is 5.91 Å². The van der Waals surface area contributed by atoms with Gasteiger partial charge in [0.15, 0.2) is 0 Å². The number of nitrogens with zero attached hydrogens (tertiary/aromatic N) is 3. The van der Waals surface area contributed by atoms with Gasteiger partial charge in [-0.2, -0.15) is 0 Å². The smallest absolute Gasteiger partial charge is 0.218 e. The number of pyridine rings is 1. The number of imidazole rings is 1. The van der Waals surface area contributed by atoms with Crippen molar-refractivity contribution in [2.75, 3.05) is 12.4 Å². The van der Waals surface area contributed by atoms with Crippen LogP contribution in [-0.4, -0.2) is 27.6 Å². The predicted octanol–water partition coefficient (Wildman–Crippen LogP) is 6.28. The number of para-hydroxylation sites is 1. The zero-order chi connectivity index (χ0) is 26.6. The lowest BCUT2D eigenvalue weighted by molar-refractivity contribution is -0.118. The Bertz CT molecular complexity index is 1600. The van der Waals surface area contributed by atoms with Crippen LogP contribution in [0, 0.1) is 0 Å². The highest BCUT2D eigenvalue weighted by atomic mass is 79.9. The Morgan fingerprint density at radius 2 is 1.82 bits per heavy atom. The van der Waals surface area contributed by atoms with Gasteiger partial charge in [-0.15, -0.1) is 0 Å². The summed E-state index contributed by atoms with van der Waals surface area (Å²) in [6.07, 6.45) is 1.75. The van der Waals surface area contributed by atoms with E-state index in [-0.39, 0.29) is 12.3 Å². The summed E-state index contributed by atoms with van der Waals surface area (Å²) in [5, 5.41) is 3.35. The number of hydrogen-bond donors (Lipinski definition) is 2. The molecule has 0 fully saturated rings. The summed E-state index contributed by atoms with van der Waals surface area (Å²) in [6, 6.07) is 24.8. The second kappa shape index (κ2) is 10.9. The molecular formula is C29H26BrN5O3. The van der Waals surface area contributed by atoms with E-state index in [4.69, 9.17) is 20.2 Å². The molecule has 0 bridgehead atoms. The molecule has 0 saturated heterocycles. The number of amides is 1. The van der Waals surface area contributed by atoms with Crippen LogP contribution in [0.15, 0.2) is 89.5 Å². The van der Waals surface area contributed by atoms with Crippen molar-refractivity contribution < 1.29 is 14.3 Å². The number of fused-ring (bicyclic) bond motifs is 1. The number of primary amides is 1. The van der Waals surface area contributed by atoms with E-state index in [0.717, 1.165) is 32.7 Å². The Labute approximate surface area is 228 Å². The van der Waals surface area contributed by atoms with Crippen molar-refractivity contribution in [2.45, 2.75) is 12.3 Å². The molecule has 0 aliphatic heterocycles. The predicted molar refractivity (Wildman–Crippen MR) is 151 cm³/mol. The lowest BCUT2D eigenvalue weighted by Gasteiger charge is -2.19. The van der Waals surface area contributed by atoms with E-state index in [2.05, 4.69) is 26.2 Å². The van der Waals surface area contributed by atoms with Gasteiger partial charge in [-0.3, -0.25) is 9.78 Å². The lowest BCUT2D eigenvalue weighted by atomic mass is 9.91. The van der Waals surface area contributed by atoms with Gasteiger partial charge in [0.1, 0.15) is 17.2 Å². The molecule has 2 aromatic heterocycles. The maximum absolute atomic E-state index is 11.9. The summed E-state index contributed by atoms with van der Waals surface area (Å²) in [6.45, 7) is 0. The third-order valence-electron chi connectivity index (χ3n) is 6.22. The first-order valence-corrected chi connectivity index (χ1v) is 12.7. The van der Waals surface area contributed by atoms with Crippen molar-refractivity contribution >= 4 is 44.5 Å². The highest BCUT2D eigenvalue weighted by molar-refractivity contribution is 9.10. The van der Waals surface area contributed by atoms with Crippen LogP contribution >= 0.6 is 15.9 Å². The molecule has 5 rings (SSSR count). The van der Waals surface area contributed by atoms with Crippen molar-refractivity contribution in [3.8, 4) is 17.2 Å². The van der Waals surface area contributed by atoms with Gasteiger partial charge in [-0.1, -0.05) is 34.1 Å². The van der Waals surface area contributed by atoms with Gasteiger partial charge in [0.05, 0.1) is 23.8 Å². The minimum atomic E-state index is -0.429. The van der Waals surface area contributed by atoms with Crippen molar-refractivity contribution in [1.82, 2.24) is 14.5 Å². The van der Waals surface area contributed by atoms with Gasteiger partial charge in [0.25, 0.3) is 0 Å². The van der Waals surface area contributed by atoms with Crippen LogP contribution in [0.4, 0.5) is 11.6 Å². The van der Waals surface area contributed by atoms with Crippen LogP contribution in [0.3, 0.4) is 0 Å². The molecule has 0 aliphatic rings. The minimum Gasteiger partial charge on any atom is -0.496 e. The monoisotopic (exact) mass is 571 g/mol. The highest BCUT2D eigenvalue weighted by Crippen LogP contribution is 2.35. The molecule has 3 aromatic carbocycles. The summed E-state index contributed by atoms with van der Waals surface area (Å²) >= 11 is 3.46. The van der Waals surface area contributed by atoms with Gasteiger partial charge in [0, 0.05) is 53.4 Å². The Morgan fingerprint density at radius 3 is 2.58 bits per heavy atom. The number of halogens is 1. The molecule has 3 N–H and O–H groups in total. The van der Waals surface area contributed by atoms with E-state index in [9.17, 15) is 4.79 Å². The Hall–Kier alpha value is -4.37. The number of rotatable bonds is 9. The van der Waals surface area contributed by atoms with Crippen LogP contribution in [0.5, 0.6) is 17.2 Å². The fraction of sp³-hybridized carbons (Fsp3) is 0.138. The maximum Gasteiger partial charge on any atom is 0.218 e. The molecule has 0 aliphatic carbocycles. The molecule has 38 heavy (non-hydrogen) atoms. The number of aromatic nitrogens is 3. The summed E-state index contributed by atoms with van der Waals surface area (Å²) in [5.74, 6) is 1.80. The number of hydrogen-bond acceptors (Lipinski definition) is 6. The van der Waals surface area contributed by atoms with Crippen molar-refractivity contribution in [2.24, 2.45) is 12.8 Å². The highest BCUT2D eigenvalue weighted by Gasteiger charge is 2.22. The van der Waals surface area contributed by atoms with Crippen LogP contribution < -0.4 is 20.5 Å². The number of carbonyl (C=O) groups is 1. The van der Waals surface area contributed by atoms with E-state index in [0.29, 0.717) is 22.9 Å². The maximum atomic E-state index is 11.9. The normalized spacial score (nSPS) is 11.8. The standard InChI is InChI=1S/C29H26BrN5O3/c1-35-26-12-11-20(16-25(26)34-29(35)33-19-9-7-18(30)8-10-19)38-21-13-14-32-24(15-21)23(17-28(31)36)22-5-3-4-6-27(22)37-2/h3-16,23H,17H2,1-2H3,(H2,31,36)(H,33,34). The molecule has 9 heteroatoms. The minimum absolute atomic E-state index is 0.0882. The van der Waals surface area contributed by atoms with Gasteiger partial charge < -0.3 is 25.1 Å².